The maximum absolute atomic E-state index is 11.8. The van der Waals surface area contributed by atoms with Crippen molar-refractivity contribution < 1.29 is 17.8 Å². The summed E-state index contributed by atoms with van der Waals surface area (Å²) in [5.41, 5.74) is 1.29. The molecular formula is C34H34O4S2. The number of Topliss-reactive ketones (excluding diaryl/α,β-unsaturated/α-hetero) is 1. The molecule has 0 aliphatic heterocycles. The first-order valence-electron chi connectivity index (χ1n) is 13.6. The maximum atomic E-state index is 11.8. The lowest BCUT2D eigenvalue weighted by atomic mass is 9.70. The highest BCUT2D eigenvalue weighted by atomic mass is 32.2. The summed E-state index contributed by atoms with van der Waals surface area (Å²) in [5, 5.41) is 0. The molecule has 2 aliphatic carbocycles. The fourth-order valence-electron chi connectivity index (χ4n) is 6.35. The van der Waals surface area contributed by atoms with Crippen LogP contribution in [0.2, 0.25) is 0 Å². The van der Waals surface area contributed by atoms with Crippen LogP contribution in [0.15, 0.2) is 130 Å². The molecule has 6 rings (SSSR count). The first-order chi connectivity index (χ1) is 19.1. The molecule has 2 bridgehead atoms. The summed E-state index contributed by atoms with van der Waals surface area (Å²) < 4.78 is 32.7. The number of carbonyl (C=O) groups is 1. The van der Waals surface area contributed by atoms with E-state index in [-0.39, 0.29) is 28.0 Å². The summed E-state index contributed by atoms with van der Waals surface area (Å²) in [4.78, 5) is 15.9. The molecule has 6 heteroatoms. The molecule has 0 saturated heterocycles. The number of carbonyl (C=O) groups excluding carboxylic acids is 1. The lowest BCUT2D eigenvalue weighted by Gasteiger charge is -2.37. The van der Waals surface area contributed by atoms with Crippen molar-refractivity contribution in [3.8, 4) is 11.1 Å². The summed E-state index contributed by atoms with van der Waals surface area (Å²) in [7, 11) is -4.41. The summed E-state index contributed by atoms with van der Waals surface area (Å²) in [6.45, 7) is 3.83. The van der Waals surface area contributed by atoms with Gasteiger partial charge < -0.3 is 4.55 Å². The predicted octanol–water partition coefficient (Wildman–Crippen LogP) is 7.38. The number of hydrogen-bond donors (Lipinski definition) is 0. The van der Waals surface area contributed by atoms with Crippen molar-refractivity contribution in [2.24, 2.45) is 16.7 Å². The van der Waals surface area contributed by atoms with Crippen LogP contribution in [0.5, 0.6) is 0 Å². The quantitative estimate of drug-likeness (QED) is 0.179. The molecule has 2 atom stereocenters. The van der Waals surface area contributed by atoms with E-state index in [2.05, 4.69) is 115 Å². The monoisotopic (exact) mass is 570 g/mol. The Labute approximate surface area is 240 Å². The normalized spacial score (nSPS) is 21.2. The second kappa shape index (κ2) is 11.4. The molecule has 0 aromatic heterocycles. The molecule has 0 radical (unpaired) electrons. The van der Waals surface area contributed by atoms with Gasteiger partial charge in [-0.25, -0.2) is 8.42 Å². The highest BCUT2D eigenvalue weighted by Crippen LogP contribution is 2.64. The van der Waals surface area contributed by atoms with Crippen molar-refractivity contribution in [3.63, 3.8) is 0 Å². The minimum atomic E-state index is -4.33. The van der Waals surface area contributed by atoms with E-state index < -0.39 is 21.3 Å². The van der Waals surface area contributed by atoms with E-state index in [0.29, 0.717) is 12.8 Å². The van der Waals surface area contributed by atoms with Crippen LogP contribution in [0.25, 0.3) is 11.1 Å². The minimum absolute atomic E-state index is 0.0248. The Morgan fingerprint density at radius 2 is 1.18 bits per heavy atom. The standard InChI is InChI=1S/C24H19S.C10H16O4S/c1-4-10-20(11-5-1)21-16-18-24(19-17-21)25(22-12-6-2-7-13-22)23-14-8-3-9-15-23;1-9(2)7-3-4-10(9,8(11)5-7)6-15(12,13)14/h1-19H;7H,3-6H2,1-2H3,(H,12,13,14)/q+1;/p-1. The van der Waals surface area contributed by atoms with Crippen LogP contribution in [-0.4, -0.2) is 24.5 Å². The van der Waals surface area contributed by atoms with Crippen LogP contribution in [0.4, 0.5) is 0 Å². The molecule has 2 aliphatic rings. The maximum Gasteiger partial charge on any atom is 0.166 e. The van der Waals surface area contributed by atoms with Gasteiger partial charge in [-0.1, -0.05) is 80.6 Å². The molecule has 2 saturated carbocycles. The molecule has 0 N–H and O–H groups in total. The van der Waals surface area contributed by atoms with Crippen LogP contribution in [-0.2, 0) is 25.8 Å². The molecular weight excluding hydrogens is 537 g/mol. The van der Waals surface area contributed by atoms with Crippen molar-refractivity contribution in [1.29, 1.82) is 0 Å². The van der Waals surface area contributed by atoms with E-state index in [1.54, 1.807) is 0 Å². The summed E-state index contributed by atoms with van der Waals surface area (Å²) in [6, 6.07) is 41.1. The molecule has 206 valence electrons. The van der Waals surface area contributed by atoms with E-state index in [4.69, 9.17) is 0 Å². The molecule has 40 heavy (non-hydrogen) atoms. The third-order valence-electron chi connectivity index (χ3n) is 8.72. The SMILES string of the molecule is CC1(C)C2CCC1(CS(=O)(=O)[O-])C(=O)C2.c1ccc(-c2ccc([S+](c3ccccc3)c3ccccc3)cc2)cc1. The summed E-state index contributed by atoms with van der Waals surface area (Å²) >= 11 is 0. The molecule has 2 unspecified atom stereocenters. The van der Waals surface area contributed by atoms with Crippen LogP contribution < -0.4 is 0 Å². The largest absolute Gasteiger partial charge is 0.748 e. The zero-order valence-electron chi connectivity index (χ0n) is 22.8. The number of hydrogen-bond acceptors (Lipinski definition) is 4. The van der Waals surface area contributed by atoms with Crippen LogP contribution >= 0.6 is 0 Å². The average Bonchev–Trinajstić information content (AvgIpc) is 3.29. The molecule has 0 heterocycles. The minimum Gasteiger partial charge on any atom is -0.748 e. The van der Waals surface area contributed by atoms with Crippen molar-refractivity contribution >= 4 is 26.8 Å². The highest BCUT2D eigenvalue weighted by molar-refractivity contribution is 7.97. The van der Waals surface area contributed by atoms with Crippen molar-refractivity contribution in [3.05, 3.63) is 115 Å². The lowest BCUT2D eigenvalue weighted by molar-refractivity contribution is -0.128. The Balaban J connectivity index is 0.000000184. The van der Waals surface area contributed by atoms with Crippen LogP contribution in [0, 0.1) is 16.7 Å². The number of rotatable bonds is 6. The van der Waals surface area contributed by atoms with Gasteiger partial charge in [0.1, 0.15) is 5.78 Å². The van der Waals surface area contributed by atoms with Crippen molar-refractivity contribution in [2.75, 3.05) is 5.75 Å². The van der Waals surface area contributed by atoms with Gasteiger partial charge in [0, 0.05) is 11.8 Å². The van der Waals surface area contributed by atoms with E-state index in [9.17, 15) is 17.8 Å². The Bertz CT molecular complexity index is 1510. The molecule has 4 aromatic carbocycles. The van der Waals surface area contributed by atoms with Crippen LogP contribution in [0.3, 0.4) is 0 Å². The zero-order valence-corrected chi connectivity index (χ0v) is 24.5. The lowest BCUT2D eigenvalue weighted by Crippen LogP contribution is -2.42. The van der Waals surface area contributed by atoms with E-state index in [0.717, 1.165) is 6.42 Å². The molecule has 0 spiro atoms. The third kappa shape index (κ3) is 5.67. The second-order valence-electron chi connectivity index (χ2n) is 11.2. The Morgan fingerprint density at radius 3 is 1.60 bits per heavy atom. The van der Waals surface area contributed by atoms with Crippen molar-refractivity contribution in [1.82, 2.24) is 0 Å². The Kier molecular flexibility index (Phi) is 8.05. The van der Waals surface area contributed by atoms with Gasteiger partial charge in [-0.2, -0.15) is 0 Å². The fourth-order valence-corrected chi connectivity index (χ4v) is 9.71. The van der Waals surface area contributed by atoms with Gasteiger partial charge >= 0.3 is 0 Å². The topological polar surface area (TPSA) is 74.3 Å². The molecule has 4 aromatic rings. The summed E-state index contributed by atoms with van der Waals surface area (Å²) in [6.07, 6.45) is 1.88. The number of ketones is 1. The van der Waals surface area contributed by atoms with Crippen molar-refractivity contribution in [2.45, 2.75) is 47.8 Å². The predicted molar refractivity (Wildman–Crippen MR) is 160 cm³/mol. The average molecular weight is 571 g/mol. The second-order valence-corrected chi connectivity index (χ2v) is 14.6. The molecule has 0 amide bonds. The Hall–Kier alpha value is -3.19. The van der Waals surface area contributed by atoms with Gasteiger partial charge in [0.2, 0.25) is 0 Å². The van der Waals surface area contributed by atoms with E-state index in [1.165, 1.54) is 25.8 Å². The van der Waals surface area contributed by atoms with Gasteiger partial charge in [-0.3, -0.25) is 4.79 Å². The van der Waals surface area contributed by atoms with Gasteiger partial charge in [-0.15, -0.1) is 0 Å². The van der Waals surface area contributed by atoms with Gasteiger partial charge in [0.15, 0.2) is 14.7 Å². The fraction of sp³-hybridized carbons (Fsp3) is 0.265. The van der Waals surface area contributed by atoms with Crippen LogP contribution in [0.1, 0.15) is 33.1 Å². The first kappa shape index (κ1) is 28.3. The zero-order chi connectivity index (χ0) is 28.4. The highest BCUT2D eigenvalue weighted by Gasteiger charge is 2.64. The van der Waals surface area contributed by atoms with E-state index in [1.807, 2.05) is 13.8 Å². The first-order valence-corrected chi connectivity index (χ1v) is 16.4. The smallest absolute Gasteiger partial charge is 0.166 e. The van der Waals surface area contributed by atoms with Gasteiger partial charge in [0.05, 0.1) is 26.8 Å². The number of benzene rings is 4. The number of fused-ring (bicyclic) bond motifs is 2. The third-order valence-corrected chi connectivity index (χ3v) is 11.8. The molecule has 4 nitrogen and oxygen atoms in total. The van der Waals surface area contributed by atoms with Gasteiger partial charge in [-0.05, 0) is 83.8 Å². The molecule has 2 fully saturated rings. The Morgan fingerprint density at radius 1 is 0.725 bits per heavy atom. The van der Waals surface area contributed by atoms with E-state index >= 15 is 0 Å². The summed E-state index contributed by atoms with van der Waals surface area (Å²) in [5.74, 6) is -0.280. The van der Waals surface area contributed by atoms with Gasteiger partial charge in [0.25, 0.3) is 0 Å².